The topological polar surface area (TPSA) is 68.3 Å². The summed E-state index contributed by atoms with van der Waals surface area (Å²) in [4.78, 5) is 12.1. The molecule has 4 heteroatoms. The first-order valence-electron chi connectivity index (χ1n) is 7.13. The Hall–Kier alpha value is -1.29. The van der Waals surface area contributed by atoms with Crippen LogP contribution < -0.4 is 11.1 Å². The van der Waals surface area contributed by atoms with Crippen molar-refractivity contribution in [1.82, 2.24) is 5.32 Å². The Bertz CT molecular complexity index is 433. The summed E-state index contributed by atoms with van der Waals surface area (Å²) in [6.07, 6.45) is 5.83. The van der Waals surface area contributed by atoms with Crippen LogP contribution in [0.15, 0.2) is 16.5 Å². The SMILES string of the molecule is Cc1ccc(C(C)NC(=O)CC2(N)CCCCC2)o1. The molecule has 1 unspecified atom stereocenters. The molecule has 0 bridgehead atoms. The fourth-order valence-corrected chi connectivity index (χ4v) is 2.80. The highest BCUT2D eigenvalue weighted by Gasteiger charge is 2.30. The first kappa shape index (κ1) is 14.1. The Morgan fingerprint density at radius 2 is 2.11 bits per heavy atom. The monoisotopic (exact) mass is 264 g/mol. The minimum absolute atomic E-state index is 0.0194. The quantitative estimate of drug-likeness (QED) is 0.878. The Kier molecular flexibility index (Phi) is 4.30. The summed E-state index contributed by atoms with van der Waals surface area (Å²) in [6, 6.07) is 3.70. The van der Waals surface area contributed by atoms with Crippen LogP contribution in [0.3, 0.4) is 0 Å². The van der Waals surface area contributed by atoms with Crippen LogP contribution in [0.1, 0.15) is 63.0 Å². The molecule has 19 heavy (non-hydrogen) atoms. The molecule has 1 saturated carbocycles. The van der Waals surface area contributed by atoms with Crippen LogP contribution in [0.5, 0.6) is 0 Å². The predicted octanol–water partition coefficient (Wildman–Crippen LogP) is 2.82. The van der Waals surface area contributed by atoms with Gasteiger partial charge in [0, 0.05) is 12.0 Å². The number of amides is 1. The Morgan fingerprint density at radius 1 is 1.42 bits per heavy atom. The van der Waals surface area contributed by atoms with E-state index in [1.54, 1.807) is 0 Å². The van der Waals surface area contributed by atoms with Gasteiger partial charge in [0.15, 0.2) is 0 Å². The van der Waals surface area contributed by atoms with Gasteiger partial charge in [-0.15, -0.1) is 0 Å². The van der Waals surface area contributed by atoms with E-state index in [0.717, 1.165) is 37.2 Å². The lowest BCUT2D eigenvalue weighted by atomic mass is 9.80. The molecule has 3 N–H and O–H groups in total. The summed E-state index contributed by atoms with van der Waals surface area (Å²) in [7, 11) is 0. The molecule has 1 heterocycles. The van der Waals surface area contributed by atoms with Crippen LogP contribution in [0.2, 0.25) is 0 Å². The van der Waals surface area contributed by atoms with Crippen molar-refractivity contribution < 1.29 is 9.21 Å². The first-order valence-corrected chi connectivity index (χ1v) is 7.13. The number of carbonyl (C=O) groups excluding carboxylic acids is 1. The zero-order valence-electron chi connectivity index (χ0n) is 11.9. The number of furan rings is 1. The lowest BCUT2D eigenvalue weighted by Crippen LogP contribution is -2.46. The van der Waals surface area contributed by atoms with Crippen LogP contribution in [0, 0.1) is 6.92 Å². The van der Waals surface area contributed by atoms with E-state index in [4.69, 9.17) is 10.2 Å². The average Bonchev–Trinajstić information content (AvgIpc) is 2.76. The van der Waals surface area contributed by atoms with Crippen molar-refractivity contribution >= 4 is 5.91 Å². The summed E-state index contributed by atoms with van der Waals surface area (Å²) < 4.78 is 5.52. The summed E-state index contributed by atoms with van der Waals surface area (Å²) in [5.74, 6) is 1.67. The number of aryl methyl sites for hydroxylation is 1. The maximum atomic E-state index is 12.1. The first-order chi connectivity index (χ1) is 8.98. The van der Waals surface area contributed by atoms with Crippen molar-refractivity contribution in [2.24, 2.45) is 5.73 Å². The van der Waals surface area contributed by atoms with Crippen molar-refractivity contribution in [1.29, 1.82) is 0 Å². The summed E-state index contributed by atoms with van der Waals surface area (Å²) in [5, 5.41) is 2.97. The van der Waals surface area contributed by atoms with Gasteiger partial charge in [-0.2, -0.15) is 0 Å². The molecule has 1 aromatic rings. The van der Waals surface area contributed by atoms with E-state index >= 15 is 0 Å². The van der Waals surface area contributed by atoms with E-state index in [1.807, 2.05) is 26.0 Å². The highest BCUT2D eigenvalue weighted by atomic mass is 16.3. The third kappa shape index (κ3) is 3.83. The molecule has 0 aromatic carbocycles. The highest BCUT2D eigenvalue weighted by molar-refractivity contribution is 5.77. The second kappa shape index (κ2) is 5.78. The number of hydrogen-bond acceptors (Lipinski definition) is 3. The molecule has 1 aliphatic rings. The molecular formula is C15H24N2O2. The Balaban J connectivity index is 1.87. The molecule has 0 saturated heterocycles. The number of carbonyl (C=O) groups is 1. The van der Waals surface area contributed by atoms with Gasteiger partial charge in [-0.25, -0.2) is 0 Å². The zero-order valence-corrected chi connectivity index (χ0v) is 11.9. The van der Waals surface area contributed by atoms with E-state index in [0.29, 0.717) is 6.42 Å². The van der Waals surface area contributed by atoms with Crippen molar-refractivity contribution in [2.45, 2.75) is 64.0 Å². The van der Waals surface area contributed by atoms with E-state index in [9.17, 15) is 4.79 Å². The van der Waals surface area contributed by atoms with Crippen molar-refractivity contribution in [3.63, 3.8) is 0 Å². The van der Waals surface area contributed by atoms with Gasteiger partial charge in [-0.1, -0.05) is 19.3 Å². The van der Waals surface area contributed by atoms with Gasteiger partial charge < -0.3 is 15.5 Å². The fourth-order valence-electron chi connectivity index (χ4n) is 2.80. The fraction of sp³-hybridized carbons (Fsp3) is 0.667. The molecule has 4 nitrogen and oxygen atoms in total. The van der Waals surface area contributed by atoms with Crippen LogP contribution in [0.4, 0.5) is 0 Å². The molecule has 1 atom stereocenters. The van der Waals surface area contributed by atoms with Crippen LogP contribution in [-0.4, -0.2) is 11.4 Å². The highest BCUT2D eigenvalue weighted by Crippen LogP contribution is 2.28. The third-order valence-electron chi connectivity index (χ3n) is 3.93. The van der Waals surface area contributed by atoms with Crippen LogP contribution >= 0.6 is 0 Å². The van der Waals surface area contributed by atoms with Gasteiger partial charge in [0.05, 0.1) is 6.04 Å². The van der Waals surface area contributed by atoms with E-state index in [-0.39, 0.29) is 17.5 Å². The summed E-state index contributed by atoms with van der Waals surface area (Å²) in [6.45, 7) is 3.83. The molecule has 106 valence electrons. The summed E-state index contributed by atoms with van der Waals surface area (Å²) in [5.41, 5.74) is 5.99. The average molecular weight is 264 g/mol. The minimum Gasteiger partial charge on any atom is -0.464 e. The van der Waals surface area contributed by atoms with Gasteiger partial charge in [0.2, 0.25) is 5.91 Å². The molecule has 0 aliphatic heterocycles. The largest absolute Gasteiger partial charge is 0.464 e. The van der Waals surface area contributed by atoms with Crippen LogP contribution in [-0.2, 0) is 4.79 Å². The van der Waals surface area contributed by atoms with E-state index in [2.05, 4.69) is 5.32 Å². The Morgan fingerprint density at radius 3 is 2.68 bits per heavy atom. The van der Waals surface area contributed by atoms with Crippen molar-refractivity contribution in [2.75, 3.05) is 0 Å². The lowest BCUT2D eigenvalue weighted by molar-refractivity contribution is -0.123. The number of rotatable bonds is 4. The minimum atomic E-state index is -0.304. The molecule has 2 rings (SSSR count). The zero-order chi connectivity index (χ0) is 13.9. The number of nitrogens with two attached hydrogens (primary N) is 1. The summed E-state index contributed by atoms with van der Waals surface area (Å²) >= 11 is 0. The molecule has 1 aliphatic carbocycles. The van der Waals surface area contributed by atoms with Crippen molar-refractivity contribution in [3.05, 3.63) is 23.7 Å². The standard InChI is InChI=1S/C15H24N2O2/c1-11-6-7-13(19-11)12(2)17-14(18)10-15(16)8-4-3-5-9-15/h6-7,12H,3-5,8-10,16H2,1-2H3,(H,17,18). The normalized spacial score (nSPS) is 19.9. The molecule has 1 amide bonds. The predicted molar refractivity (Wildman–Crippen MR) is 74.6 cm³/mol. The Labute approximate surface area is 114 Å². The van der Waals surface area contributed by atoms with Crippen LogP contribution in [0.25, 0.3) is 0 Å². The molecular weight excluding hydrogens is 240 g/mol. The number of hydrogen-bond donors (Lipinski definition) is 2. The molecule has 0 spiro atoms. The van der Waals surface area contributed by atoms with Gasteiger partial charge >= 0.3 is 0 Å². The maximum Gasteiger partial charge on any atom is 0.222 e. The molecule has 1 fully saturated rings. The maximum absolute atomic E-state index is 12.1. The van der Waals surface area contributed by atoms with Gasteiger partial charge in [-0.3, -0.25) is 4.79 Å². The second-order valence-electron chi connectivity index (χ2n) is 5.84. The van der Waals surface area contributed by atoms with Gasteiger partial charge in [-0.05, 0) is 38.8 Å². The second-order valence-corrected chi connectivity index (χ2v) is 5.84. The van der Waals surface area contributed by atoms with E-state index < -0.39 is 0 Å². The number of nitrogens with one attached hydrogen (secondary N) is 1. The lowest BCUT2D eigenvalue weighted by Gasteiger charge is -2.33. The van der Waals surface area contributed by atoms with Gasteiger partial charge in [0.25, 0.3) is 0 Å². The smallest absolute Gasteiger partial charge is 0.222 e. The van der Waals surface area contributed by atoms with E-state index in [1.165, 1.54) is 6.42 Å². The third-order valence-corrected chi connectivity index (χ3v) is 3.93. The van der Waals surface area contributed by atoms with Gasteiger partial charge in [0.1, 0.15) is 11.5 Å². The molecule has 1 aromatic heterocycles. The molecule has 0 radical (unpaired) electrons. The van der Waals surface area contributed by atoms with Crippen molar-refractivity contribution in [3.8, 4) is 0 Å².